The zero-order valence-corrected chi connectivity index (χ0v) is 12.0. The van der Waals surface area contributed by atoms with E-state index in [1.807, 2.05) is 49.1 Å². The lowest BCUT2D eigenvalue weighted by Crippen LogP contribution is -2.25. The summed E-state index contributed by atoms with van der Waals surface area (Å²) in [7, 11) is 0. The molecule has 2 heterocycles. The standard InChI is InChI=1S/C17H18N2O/c1-4-19-16-8-6-5-7-13(16)14(17(19)20)10-15-11(2)9-12(3)18-15/h5-10,18H,4H2,1-3H3. The fraction of sp³-hybridized carbons (Fsp3) is 0.235. The molecule has 0 aliphatic carbocycles. The van der Waals surface area contributed by atoms with Gasteiger partial charge in [0, 0.05) is 23.5 Å². The summed E-state index contributed by atoms with van der Waals surface area (Å²) in [5.41, 5.74) is 6.08. The summed E-state index contributed by atoms with van der Waals surface area (Å²) in [6.07, 6.45) is 1.97. The van der Waals surface area contributed by atoms with Crippen LogP contribution in [0.4, 0.5) is 5.69 Å². The van der Waals surface area contributed by atoms with E-state index >= 15 is 0 Å². The van der Waals surface area contributed by atoms with Crippen molar-refractivity contribution in [2.45, 2.75) is 20.8 Å². The third kappa shape index (κ3) is 1.86. The number of anilines is 1. The first-order valence-corrected chi connectivity index (χ1v) is 6.91. The third-order valence-corrected chi connectivity index (χ3v) is 3.76. The molecule has 1 N–H and O–H groups in total. The largest absolute Gasteiger partial charge is 0.359 e. The average molecular weight is 266 g/mol. The van der Waals surface area contributed by atoms with E-state index in [1.165, 1.54) is 0 Å². The maximum Gasteiger partial charge on any atom is 0.259 e. The molecule has 0 atom stereocenters. The minimum atomic E-state index is 0.0837. The molecule has 1 aromatic carbocycles. The lowest BCUT2D eigenvalue weighted by Gasteiger charge is -2.13. The molecule has 0 radical (unpaired) electrons. The minimum absolute atomic E-state index is 0.0837. The highest BCUT2D eigenvalue weighted by atomic mass is 16.2. The fourth-order valence-electron chi connectivity index (χ4n) is 2.80. The van der Waals surface area contributed by atoms with E-state index in [2.05, 4.69) is 18.0 Å². The van der Waals surface area contributed by atoms with Gasteiger partial charge in [0.1, 0.15) is 0 Å². The van der Waals surface area contributed by atoms with Crippen molar-refractivity contribution in [2.24, 2.45) is 0 Å². The molecule has 0 unspecified atom stereocenters. The quantitative estimate of drug-likeness (QED) is 0.829. The van der Waals surface area contributed by atoms with Gasteiger partial charge in [-0.1, -0.05) is 18.2 Å². The Kier molecular flexibility index (Phi) is 2.97. The van der Waals surface area contributed by atoms with Gasteiger partial charge in [-0.25, -0.2) is 0 Å². The molecule has 3 rings (SSSR count). The Labute approximate surface area is 118 Å². The van der Waals surface area contributed by atoms with Crippen molar-refractivity contribution in [1.29, 1.82) is 0 Å². The topological polar surface area (TPSA) is 36.1 Å². The lowest BCUT2D eigenvalue weighted by atomic mass is 10.1. The van der Waals surface area contributed by atoms with Crippen LogP contribution in [0.15, 0.2) is 30.3 Å². The Hall–Kier alpha value is -2.29. The summed E-state index contributed by atoms with van der Waals surface area (Å²) in [4.78, 5) is 17.7. The average Bonchev–Trinajstić information content (AvgIpc) is 2.88. The number of aromatic amines is 1. The second-order valence-electron chi connectivity index (χ2n) is 5.17. The number of aromatic nitrogens is 1. The number of rotatable bonds is 2. The Morgan fingerprint density at radius 2 is 2.00 bits per heavy atom. The van der Waals surface area contributed by atoms with Crippen LogP contribution in [-0.4, -0.2) is 17.4 Å². The third-order valence-electron chi connectivity index (χ3n) is 3.76. The van der Waals surface area contributed by atoms with Crippen molar-refractivity contribution in [3.63, 3.8) is 0 Å². The minimum Gasteiger partial charge on any atom is -0.359 e. The predicted molar refractivity (Wildman–Crippen MR) is 82.6 cm³/mol. The molecule has 102 valence electrons. The van der Waals surface area contributed by atoms with Crippen LogP contribution in [0.5, 0.6) is 0 Å². The monoisotopic (exact) mass is 266 g/mol. The van der Waals surface area contributed by atoms with Crippen molar-refractivity contribution in [1.82, 2.24) is 4.98 Å². The number of likely N-dealkylation sites (N-methyl/N-ethyl adjacent to an activating group) is 1. The molecule has 20 heavy (non-hydrogen) atoms. The smallest absolute Gasteiger partial charge is 0.259 e. The van der Waals surface area contributed by atoms with E-state index in [0.717, 1.165) is 33.8 Å². The molecule has 1 amide bonds. The van der Waals surface area contributed by atoms with Crippen LogP contribution in [0, 0.1) is 13.8 Å². The fourth-order valence-corrected chi connectivity index (χ4v) is 2.80. The predicted octanol–water partition coefficient (Wildman–Crippen LogP) is 3.54. The van der Waals surface area contributed by atoms with E-state index < -0.39 is 0 Å². The Morgan fingerprint density at radius 3 is 2.65 bits per heavy atom. The highest BCUT2D eigenvalue weighted by Gasteiger charge is 2.30. The zero-order chi connectivity index (χ0) is 14.3. The van der Waals surface area contributed by atoms with Gasteiger partial charge >= 0.3 is 0 Å². The highest BCUT2D eigenvalue weighted by Crippen LogP contribution is 2.37. The SMILES string of the molecule is CCN1C(=O)C(=Cc2[nH]c(C)cc2C)c2ccccc21. The summed E-state index contributed by atoms with van der Waals surface area (Å²) in [6, 6.07) is 10.1. The maximum atomic E-state index is 12.6. The number of carbonyl (C=O) groups is 1. The van der Waals surface area contributed by atoms with E-state index in [0.29, 0.717) is 6.54 Å². The van der Waals surface area contributed by atoms with E-state index in [1.54, 1.807) is 0 Å². The normalized spacial score (nSPS) is 16.1. The van der Waals surface area contributed by atoms with Crippen molar-refractivity contribution in [2.75, 3.05) is 11.4 Å². The molecule has 1 aliphatic heterocycles. The van der Waals surface area contributed by atoms with Gasteiger partial charge in [0.25, 0.3) is 5.91 Å². The Morgan fingerprint density at radius 1 is 1.25 bits per heavy atom. The van der Waals surface area contributed by atoms with Crippen LogP contribution in [0.1, 0.15) is 29.4 Å². The molecule has 0 bridgehead atoms. The van der Waals surface area contributed by atoms with Crippen LogP contribution in [0.3, 0.4) is 0 Å². The van der Waals surface area contributed by atoms with Crippen LogP contribution in [0.25, 0.3) is 11.6 Å². The van der Waals surface area contributed by atoms with Crippen molar-refractivity contribution in [3.05, 3.63) is 52.8 Å². The number of hydrogen-bond acceptors (Lipinski definition) is 1. The number of nitrogens with one attached hydrogen (secondary N) is 1. The zero-order valence-electron chi connectivity index (χ0n) is 12.0. The number of benzene rings is 1. The first-order valence-electron chi connectivity index (χ1n) is 6.91. The van der Waals surface area contributed by atoms with Gasteiger partial charge in [-0.05, 0) is 44.5 Å². The second kappa shape index (κ2) is 4.67. The molecular formula is C17H18N2O. The molecule has 3 nitrogen and oxygen atoms in total. The molecule has 2 aromatic rings. The molecule has 0 saturated carbocycles. The number of hydrogen-bond donors (Lipinski definition) is 1. The molecule has 0 fully saturated rings. The number of aryl methyl sites for hydroxylation is 2. The molecule has 3 heteroatoms. The van der Waals surface area contributed by atoms with Gasteiger partial charge in [0.15, 0.2) is 0 Å². The van der Waals surface area contributed by atoms with Gasteiger partial charge in [0.05, 0.1) is 11.3 Å². The molecule has 1 aliphatic rings. The number of carbonyl (C=O) groups excluding carboxylic acids is 1. The van der Waals surface area contributed by atoms with E-state index in [9.17, 15) is 4.79 Å². The van der Waals surface area contributed by atoms with Crippen LogP contribution in [-0.2, 0) is 4.79 Å². The van der Waals surface area contributed by atoms with Crippen molar-refractivity contribution >= 4 is 23.2 Å². The molecular weight excluding hydrogens is 248 g/mol. The number of H-pyrrole nitrogens is 1. The number of fused-ring (bicyclic) bond motifs is 1. The van der Waals surface area contributed by atoms with Gasteiger partial charge in [-0.3, -0.25) is 4.79 Å². The van der Waals surface area contributed by atoms with E-state index in [4.69, 9.17) is 0 Å². The molecule has 1 aromatic heterocycles. The number of para-hydroxylation sites is 1. The van der Waals surface area contributed by atoms with Crippen molar-refractivity contribution < 1.29 is 4.79 Å². The molecule has 0 spiro atoms. The summed E-state index contributed by atoms with van der Waals surface area (Å²) in [5, 5.41) is 0. The Balaban J connectivity index is 2.15. The highest BCUT2D eigenvalue weighted by molar-refractivity contribution is 6.35. The van der Waals surface area contributed by atoms with Gasteiger partial charge in [0.2, 0.25) is 0 Å². The first kappa shape index (κ1) is 12.7. The second-order valence-corrected chi connectivity index (χ2v) is 5.17. The van der Waals surface area contributed by atoms with Crippen LogP contribution >= 0.6 is 0 Å². The van der Waals surface area contributed by atoms with Crippen LogP contribution in [0.2, 0.25) is 0 Å². The maximum absolute atomic E-state index is 12.6. The number of nitrogens with zero attached hydrogens (tertiary/aromatic N) is 1. The summed E-state index contributed by atoms with van der Waals surface area (Å²) in [6.45, 7) is 6.77. The van der Waals surface area contributed by atoms with Gasteiger partial charge < -0.3 is 9.88 Å². The summed E-state index contributed by atoms with van der Waals surface area (Å²) < 4.78 is 0. The first-order chi connectivity index (χ1) is 9.61. The number of amides is 1. The Bertz CT molecular complexity index is 710. The van der Waals surface area contributed by atoms with Crippen LogP contribution < -0.4 is 4.90 Å². The summed E-state index contributed by atoms with van der Waals surface area (Å²) >= 11 is 0. The van der Waals surface area contributed by atoms with E-state index in [-0.39, 0.29) is 5.91 Å². The summed E-state index contributed by atoms with van der Waals surface area (Å²) in [5.74, 6) is 0.0837. The molecule has 0 saturated heterocycles. The van der Waals surface area contributed by atoms with Crippen molar-refractivity contribution in [3.8, 4) is 0 Å². The van der Waals surface area contributed by atoms with Gasteiger partial charge in [-0.2, -0.15) is 0 Å². The lowest BCUT2D eigenvalue weighted by molar-refractivity contribution is -0.112. The van der Waals surface area contributed by atoms with Gasteiger partial charge in [-0.15, -0.1) is 0 Å².